The maximum absolute atomic E-state index is 12.3. The maximum Gasteiger partial charge on any atom is 0.338 e. The van der Waals surface area contributed by atoms with E-state index < -0.39 is 18.0 Å². The molecular weight excluding hydrogens is 338 g/mol. The van der Waals surface area contributed by atoms with Gasteiger partial charge in [-0.3, -0.25) is 4.79 Å². The highest BCUT2D eigenvalue weighted by atomic mass is 16.5. The lowest BCUT2D eigenvalue weighted by Gasteiger charge is -2.13. The summed E-state index contributed by atoms with van der Waals surface area (Å²) in [6.07, 6.45) is 1.73. The molecule has 0 aliphatic heterocycles. The lowest BCUT2D eigenvalue weighted by atomic mass is 10.1. The van der Waals surface area contributed by atoms with E-state index in [1.54, 1.807) is 31.4 Å². The summed E-state index contributed by atoms with van der Waals surface area (Å²) in [6.45, 7) is 1.94. The summed E-state index contributed by atoms with van der Waals surface area (Å²) in [4.78, 5) is 39.3. The van der Waals surface area contributed by atoms with Crippen molar-refractivity contribution < 1.29 is 19.1 Å². The number of aromatic nitrogens is 4. The van der Waals surface area contributed by atoms with Crippen molar-refractivity contribution >= 4 is 28.9 Å². The van der Waals surface area contributed by atoms with Crippen molar-refractivity contribution in [1.29, 1.82) is 0 Å². The minimum Gasteiger partial charge on any atom is -0.449 e. The van der Waals surface area contributed by atoms with Crippen LogP contribution in [0.5, 0.6) is 0 Å². The Morgan fingerprint density at radius 1 is 1.19 bits per heavy atom. The number of anilines is 1. The van der Waals surface area contributed by atoms with Gasteiger partial charge in [0.25, 0.3) is 5.91 Å². The van der Waals surface area contributed by atoms with Gasteiger partial charge in [-0.15, -0.1) is 0 Å². The number of nitrogens with zero attached hydrogens (tertiary/aromatic N) is 3. The number of benzene rings is 1. The molecular formula is C17H17N5O4. The molecule has 3 rings (SSSR count). The van der Waals surface area contributed by atoms with E-state index in [4.69, 9.17) is 9.47 Å². The molecule has 26 heavy (non-hydrogen) atoms. The number of nitrogens with one attached hydrogen (secondary N) is 2. The minimum absolute atomic E-state index is 0.268. The molecule has 0 aliphatic carbocycles. The molecule has 0 aliphatic rings. The van der Waals surface area contributed by atoms with Gasteiger partial charge in [0.05, 0.1) is 18.5 Å². The van der Waals surface area contributed by atoms with Gasteiger partial charge >= 0.3 is 5.97 Å². The summed E-state index contributed by atoms with van der Waals surface area (Å²) in [5.41, 5.74) is 2.20. The van der Waals surface area contributed by atoms with Crippen molar-refractivity contribution in [3.05, 3.63) is 48.0 Å². The number of ether oxygens (including phenoxy) is 2. The summed E-state index contributed by atoms with van der Waals surface area (Å²) in [7, 11) is 1.59. The van der Waals surface area contributed by atoms with Crippen LogP contribution in [0.2, 0.25) is 0 Å². The summed E-state index contributed by atoms with van der Waals surface area (Å²) >= 11 is 0. The molecule has 2 heterocycles. The van der Waals surface area contributed by atoms with Crippen molar-refractivity contribution in [1.82, 2.24) is 19.9 Å². The molecule has 0 saturated heterocycles. The first-order valence-corrected chi connectivity index (χ1v) is 7.82. The van der Waals surface area contributed by atoms with Crippen LogP contribution >= 0.6 is 0 Å². The summed E-state index contributed by atoms with van der Waals surface area (Å²) in [6, 6.07) is 6.78. The number of imidazole rings is 1. The first-order valence-electron chi connectivity index (χ1n) is 7.82. The van der Waals surface area contributed by atoms with Crippen molar-refractivity contribution in [2.24, 2.45) is 0 Å². The summed E-state index contributed by atoms with van der Waals surface area (Å²) in [5.74, 6) is -0.834. The number of amides is 1. The molecule has 0 saturated carbocycles. The SMILES string of the molecule is COCc1ccc(C(=O)OC(C)C(=O)Nc2ncnc3nc[nH]c23)cc1. The third-order valence-corrected chi connectivity index (χ3v) is 3.62. The van der Waals surface area contributed by atoms with Gasteiger partial charge in [-0.2, -0.15) is 0 Å². The Labute approximate surface area is 148 Å². The highest BCUT2D eigenvalue weighted by molar-refractivity contribution is 6.00. The molecule has 9 nitrogen and oxygen atoms in total. The van der Waals surface area contributed by atoms with Crippen LogP contribution in [0.25, 0.3) is 11.2 Å². The van der Waals surface area contributed by atoms with E-state index in [1.165, 1.54) is 19.6 Å². The quantitative estimate of drug-likeness (QED) is 0.646. The second-order valence-corrected chi connectivity index (χ2v) is 5.49. The lowest BCUT2D eigenvalue weighted by molar-refractivity contribution is -0.123. The zero-order valence-corrected chi connectivity index (χ0v) is 14.2. The Kier molecular flexibility index (Phi) is 5.18. The molecule has 1 aromatic carbocycles. The maximum atomic E-state index is 12.3. The number of fused-ring (bicyclic) bond motifs is 1. The van der Waals surface area contributed by atoms with Crippen LogP contribution in [0.4, 0.5) is 5.82 Å². The van der Waals surface area contributed by atoms with Crippen molar-refractivity contribution in [2.75, 3.05) is 12.4 Å². The molecule has 1 atom stereocenters. The third kappa shape index (κ3) is 3.83. The number of aromatic amines is 1. The van der Waals surface area contributed by atoms with Crippen LogP contribution in [-0.2, 0) is 20.9 Å². The third-order valence-electron chi connectivity index (χ3n) is 3.62. The van der Waals surface area contributed by atoms with Gasteiger partial charge < -0.3 is 19.8 Å². The van der Waals surface area contributed by atoms with Gasteiger partial charge in [-0.25, -0.2) is 19.7 Å². The zero-order chi connectivity index (χ0) is 18.5. The largest absolute Gasteiger partial charge is 0.449 e. The molecule has 3 aromatic rings. The van der Waals surface area contributed by atoms with Crippen LogP contribution in [0.1, 0.15) is 22.8 Å². The molecule has 0 bridgehead atoms. The highest BCUT2D eigenvalue weighted by Gasteiger charge is 2.20. The average molecular weight is 355 g/mol. The predicted octanol–water partition coefficient (Wildman–Crippen LogP) is 1.68. The van der Waals surface area contributed by atoms with E-state index in [-0.39, 0.29) is 5.82 Å². The lowest BCUT2D eigenvalue weighted by Crippen LogP contribution is -2.30. The molecule has 0 fully saturated rings. The van der Waals surface area contributed by atoms with E-state index in [2.05, 4.69) is 25.3 Å². The number of esters is 1. The molecule has 1 amide bonds. The topological polar surface area (TPSA) is 119 Å². The van der Waals surface area contributed by atoms with Gasteiger partial charge in [0.15, 0.2) is 17.6 Å². The predicted molar refractivity (Wildman–Crippen MR) is 92.3 cm³/mol. The van der Waals surface area contributed by atoms with E-state index in [0.29, 0.717) is 23.3 Å². The van der Waals surface area contributed by atoms with Gasteiger partial charge in [-0.1, -0.05) is 12.1 Å². The van der Waals surface area contributed by atoms with Crippen molar-refractivity contribution in [3.8, 4) is 0 Å². The number of hydrogen-bond donors (Lipinski definition) is 2. The fourth-order valence-electron chi connectivity index (χ4n) is 2.26. The molecule has 0 spiro atoms. The fourth-order valence-corrected chi connectivity index (χ4v) is 2.26. The molecule has 2 N–H and O–H groups in total. The van der Waals surface area contributed by atoms with E-state index in [9.17, 15) is 9.59 Å². The summed E-state index contributed by atoms with van der Waals surface area (Å²) in [5, 5.41) is 2.60. The number of methoxy groups -OCH3 is 1. The van der Waals surface area contributed by atoms with Gasteiger partial charge in [0.1, 0.15) is 11.8 Å². The Bertz CT molecular complexity index is 922. The second kappa shape index (κ2) is 7.70. The zero-order valence-electron chi connectivity index (χ0n) is 14.2. The standard InChI is InChI=1S/C17H17N5O4/c1-10(26-17(24)12-5-3-11(4-6-12)7-25-2)16(23)22-15-13-14(19-8-18-13)20-9-21-15/h3-6,8-10H,7H2,1-2H3,(H2,18,19,20,21,22,23). The number of H-pyrrole nitrogens is 1. The Morgan fingerprint density at radius 3 is 2.69 bits per heavy atom. The first-order chi connectivity index (χ1) is 12.6. The molecule has 0 radical (unpaired) electrons. The van der Waals surface area contributed by atoms with E-state index in [0.717, 1.165) is 5.56 Å². The smallest absolute Gasteiger partial charge is 0.338 e. The van der Waals surface area contributed by atoms with Crippen LogP contribution < -0.4 is 5.32 Å². The van der Waals surface area contributed by atoms with Crippen LogP contribution in [0, 0.1) is 0 Å². The molecule has 9 heteroatoms. The molecule has 134 valence electrons. The van der Waals surface area contributed by atoms with E-state index >= 15 is 0 Å². The molecule has 2 aromatic heterocycles. The van der Waals surface area contributed by atoms with Crippen molar-refractivity contribution in [3.63, 3.8) is 0 Å². The number of carbonyl (C=O) groups excluding carboxylic acids is 2. The normalized spacial score (nSPS) is 11.9. The van der Waals surface area contributed by atoms with Gasteiger partial charge in [-0.05, 0) is 24.6 Å². The number of hydrogen-bond acceptors (Lipinski definition) is 7. The second-order valence-electron chi connectivity index (χ2n) is 5.49. The van der Waals surface area contributed by atoms with Crippen LogP contribution in [0.3, 0.4) is 0 Å². The van der Waals surface area contributed by atoms with Crippen molar-refractivity contribution in [2.45, 2.75) is 19.6 Å². The van der Waals surface area contributed by atoms with Gasteiger partial charge in [0, 0.05) is 7.11 Å². The number of rotatable bonds is 6. The van der Waals surface area contributed by atoms with Crippen LogP contribution in [-0.4, -0.2) is 45.0 Å². The monoisotopic (exact) mass is 355 g/mol. The highest BCUT2D eigenvalue weighted by Crippen LogP contribution is 2.15. The van der Waals surface area contributed by atoms with Crippen LogP contribution in [0.15, 0.2) is 36.9 Å². The summed E-state index contributed by atoms with van der Waals surface area (Å²) < 4.78 is 10.2. The molecule has 1 unspecified atom stereocenters. The Hall–Kier alpha value is -3.33. The first kappa shape index (κ1) is 17.5. The average Bonchev–Trinajstić information content (AvgIpc) is 3.12. The van der Waals surface area contributed by atoms with Gasteiger partial charge in [0.2, 0.25) is 0 Å². The Morgan fingerprint density at radius 2 is 1.96 bits per heavy atom. The number of carbonyl (C=O) groups is 2. The van der Waals surface area contributed by atoms with E-state index in [1.807, 2.05) is 0 Å². The Balaban J connectivity index is 1.63. The minimum atomic E-state index is -1.01. The fraction of sp³-hybridized carbons (Fsp3) is 0.235.